The van der Waals surface area contributed by atoms with Crippen molar-refractivity contribution in [2.24, 2.45) is 0 Å². The number of aliphatic hydroxyl groups is 1. The molecule has 0 aromatic heterocycles. The van der Waals surface area contributed by atoms with Gasteiger partial charge in [-0.15, -0.1) is 0 Å². The summed E-state index contributed by atoms with van der Waals surface area (Å²) < 4.78 is 0. The van der Waals surface area contributed by atoms with Crippen LogP contribution in [0.15, 0.2) is 109 Å². The maximum Gasteiger partial charge on any atom is 0.178 e. The van der Waals surface area contributed by atoms with Gasteiger partial charge in [0.1, 0.15) is 23.0 Å². The highest BCUT2D eigenvalue weighted by molar-refractivity contribution is 6.04. The second kappa shape index (κ2) is 11.1. The molecule has 0 saturated heterocycles. The lowest BCUT2D eigenvalue weighted by Gasteiger charge is -2.21. The van der Waals surface area contributed by atoms with Gasteiger partial charge in [-0.1, -0.05) is 48.3 Å². The standard InChI is InChI=1S/C34H24O6/c35-20-24-8-17-31(30-18-15-28(39)19-32(30)40)34(29(24)16-3-21-1-9-25(36)10-2-21)33(22-4-11-26(37)12-5-22)23-6-13-27(38)14-7-23/h1-2,4-15,17-19,35-37,39-40H,20H2. The van der Waals surface area contributed by atoms with E-state index in [0.29, 0.717) is 50.1 Å². The first-order valence-electron chi connectivity index (χ1n) is 12.4. The van der Waals surface area contributed by atoms with Crippen LogP contribution in [0.1, 0.15) is 27.8 Å². The number of hydrogen-bond donors (Lipinski definition) is 5. The van der Waals surface area contributed by atoms with E-state index < -0.39 is 0 Å². The van der Waals surface area contributed by atoms with Gasteiger partial charge < -0.3 is 25.5 Å². The Kier molecular flexibility index (Phi) is 7.23. The summed E-state index contributed by atoms with van der Waals surface area (Å²) in [5.74, 6) is 6.06. The lowest BCUT2D eigenvalue weighted by atomic mass is 9.82. The van der Waals surface area contributed by atoms with Gasteiger partial charge in [-0.05, 0) is 88.5 Å². The van der Waals surface area contributed by atoms with Gasteiger partial charge in [0, 0.05) is 28.3 Å². The van der Waals surface area contributed by atoms with Gasteiger partial charge in [0.2, 0.25) is 0 Å². The smallest absolute Gasteiger partial charge is 0.178 e. The van der Waals surface area contributed by atoms with E-state index in [9.17, 15) is 30.3 Å². The fourth-order valence-electron chi connectivity index (χ4n) is 4.54. The lowest BCUT2D eigenvalue weighted by molar-refractivity contribution is -0.110. The molecule has 6 nitrogen and oxygen atoms in total. The summed E-state index contributed by atoms with van der Waals surface area (Å²) in [7, 11) is 0. The SMILES string of the molecule is O=C1C=CC(=C(c2ccc(O)cc2)c2c(-c3ccc(O)cc3O)ccc(CO)c2C#Cc2ccc(O)cc2)C=C1. The van der Waals surface area contributed by atoms with Crippen LogP contribution in [0.4, 0.5) is 0 Å². The molecule has 0 heterocycles. The van der Waals surface area contributed by atoms with Crippen molar-refractivity contribution in [2.45, 2.75) is 6.61 Å². The van der Waals surface area contributed by atoms with E-state index in [4.69, 9.17) is 0 Å². The van der Waals surface area contributed by atoms with Crippen LogP contribution in [0.2, 0.25) is 0 Å². The van der Waals surface area contributed by atoms with Crippen molar-refractivity contribution in [2.75, 3.05) is 0 Å². The van der Waals surface area contributed by atoms with Gasteiger partial charge >= 0.3 is 0 Å². The number of allylic oxidation sites excluding steroid dienone is 5. The molecule has 4 aromatic carbocycles. The number of aromatic hydroxyl groups is 4. The molecular weight excluding hydrogens is 504 g/mol. The van der Waals surface area contributed by atoms with Crippen molar-refractivity contribution in [1.29, 1.82) is 0 Å². The third kappa shape index (κ3) is 5.37. The lowest BCUT2D eigenvalue weighted by Crippen LogP contribution is -2.04. The molecule has 40 heavy (non-hydrogen) atoms. The molecule has 0 spiro atoms. The molecule has 196 valence electrons. The van der Waals surface area contributed by atoms with Gasteiger partial charge in [0.25, 0.3) is 0 Å². The van der Waals surface area contributed by atoms with Crippen molar-refractivity contribution in [3.8, 4) is 46.0 Å². The number of carbonyl (C=O) groups is 1. The Morgan fingerprint density at radius 3 is 1.88 bits per heavy atom. The summed E-state index contributed by atoms with van der Waals surface area (Å²) in [5, 5.41) is 50.8. The first kappa shape index (κ1) is 26.1. The molecule has 4 aromatic rings. The minimum atomic E-state index is -0.323. The Labute approximate surface area is 230 Å². The van der Waals surface area contributed by atoms with Crippen molar-refractivity contribution < 1.29 is 30.3 Å². The van der Waals surface area contributed by atoms with Crippen LogP contribution in [-0.4, -0.2) is 31.3 Å². The third-order valence-electron chi connectivity index (χ3n) is 6.48. The Hall–Kier alpha value is -5.51. The molecule has 0 fully saturated rings. The number of phenolic OH excluding ortho intramolecular Hbond substituents is 4. The molecule has 5 N–H and O–H groups in total. The second-order valence-corrected chi connectivity index (χ2v) is 9.12. The average Bonchev–Trinajstić information content (AvgIpc) is 2.95. The predicted octanol–water partition coefficient (Wildman–Crippen LogP) is 5.57. The van der Waals surface area contributed by atoms with E-state index in [-0.39, 0.29) is 35.4 Å². The molecule has 0 saturated carbocycles. The Bertz CT molecular complexity index is 1740. The van der Waals surface area contributed by atoms with Gasteiger partial charge in [0.05, 0.1) is 6.61 Å². The number of rotatable bonds is 4. The topological polar surface area (TPSA) is 118 Å². The highest BCUT2D eigenvalue weighted by Gasteiger charge is 2.23. The fraction of sp³-hybridized carbons (Fsp3) is 0.0294. The van der Waals surface area contributed by atoms with Crippen molar-refractivity contribution in [3.63, 3.8) is 0 Å². The Balaban J connectivity index is 1.90. The minimum Gasteiger partial charge on any atom is -0.508 e. The highest BCUT2D eigenvalue weighted by Crippen LogP contribution is 2.43. The molecule has 6 heteroatoms. The van der Waals surface area contributed by atoms with E-state index >= 15 is 0 Å². The normalized spacial score (nSPS) is 12.2. The molecule has 0 aliphatic heterocycles. The van der Waals surface area contributed by atoms with Gasteiger partial charge in [-0.25, -0.2) is 0 Å². The van der Waals surface area contributed by atoms with Crippen LogP contribution in [0, 0.1) is 11.8 Å². The summed E-state index contributed by atoms with van der Waals surface area (Å²) in [4.78, 5) is 12.0. The van der Waals surface area contributed by atoms with E-state index in [0.717, 1.165) is 0 Å². The Morgan fingerprint density at radius 2 is 1.25 bits per heavy atom. The fourth-order valence-corrected chi connectivity index (χ4v) is 4.54. The van der Waals surface area contributed by atoms with Gasteiger partial charge in [-0.3, -0.25) is 4.79 Å². The zero-order chi connectivity index (χ0) is 28.2. The minimum absolute atomic E-state index is 0.0749. The quantitative estimate of drug-likeness (QED) is 0.221. The van der Waals surface area contributed by atoms with Gasteiger partial charge in [0.15, 0.2) is 5.78 Å². The van der Waals surface area contributed by atoms with Crippen LogP contribution < -0.4 is 0 Å². The molecule has 0 radical (unpaired) electrons. The molecule has 0 atom stereocenters. The molecule has 5 rings (SSSR count). The zero-order valence-corrected chi connectivity index (χ0v) is 21.2. The van der Waals surface area contributed by atoms with E-state index in [1.54, 1.807) is 66.7 Å². The number of aliphatic hydroxyl groups excluding tert-OH is 1. The van der Waals surface area contributed by atoms with Crippen LogP contribution in [-0.2, 0) is 11.4 Å². The average molecular weight is 529 g/mol. The first-order chi connectivity index (χ1) is 19.3. The number of benzene rings is 4. The maximum absolute atomic E-state index is 12.0. The van der Waals surface area contributed by atoms with E-state index in [1.807, 2.05) is 0 Å². The molecule has 1 aliphatic rings. The Morgan fingerprint density at radius 1 is 0.650 bits per heavy atom. The summed E-state index contributed by atoms with van der Waals surface area (Å²) in [6.07, 6.45) is 6.28. The van der Waals surface area contributed by atoms with E-state index in [2.05, 4.69) is 11.8 Å². The number of hydrogen-bond acceptors (Lipinski definition) is 6. The maximum atomic E-state index is 12.0. The zero-order valence-electron chi connectivity index (χ0n) is 21.2. The predicted molar refractivity (Wildman–Crippen MR) is 153 cm³/mol. The summed E-state index contributed by atoms with van der Waals surface area (Å²) in [6, 6.07) is 20.8. The number of carbonyl (C=O) groups excluding carboxylic acids is 1. The molecule has 0 unspecified atom stereocenters. The molecule has 0 bridgehead atoms. The van der Waals surface area contributed by atoms with Crippen LogP contribution >= 0.6 is 0 Å². The summed E-state index contributed by atoms with van der Waals surface area (Å²) in [5.41, 5.74) is 5.21. The third-order valence-corrected chi connectivity index (χ3v) is 6.48. The van der Waals surface area contributed by atoms with Gasteiger partial charge in [-0.2, -0.15) is 0 Å². The highest BCUT2D eigenvalue weighted by atomic mass is 16.3. The summed E-state index contributed by atoms with van der Waals surface area (Å²) in [6.45, 7) is -0.323. The number of ketones is 1. The second-order valence-electron chi connectivity index (χ2n) is 9.12. The molecule has 0 amide bonds. The summed E-state index contributed by atoms with van der Waals surface area (Å²) >= 11 is 0. The first-order valence-corrected chi connectivity index (χ1v) is 12.4. The molecule has 1 aliphatic carbocycles. The van der Waals surface area contributed by atoms with Crippen LogP contribution in [0.25, 0.3) is 16.7 Å². The van der Waals surface area contributed by atoms with Crippen LogP contribution in [0.5, 0.6) is 23.0 Å². The van der Waals surface area contributed by atoms with E-state index in [1.165, 1.54) is 36.4 Å². The number of phenols is 4. The largest absolute Gasteiger partial charge is 0.508 e. The van der Waals surface area contributed by atoms with Crippen molar-refractivity contribution in [3.05, 3.63) is 137 Å². The van der Waals surface area contributed by atoms with Crippen molar-refractivity contribution >= 4 is 11.4 Å². The van der Waals surface area contributed by atoms with Crippen molar-refractivity contribution in [1.82, 2.24) is 0 Å². The van der Waals surface area contributed by atoms with Crippen LogP contribution in [0.3, 0.4) is 0 Å². The monoisotopic (exact) mass is 528 g/mol. The molecular formula is C34H24O6.